The largest absolute Gasteiger partial charge is 0.463 e. The molecule has 2 rings (SSSR count). The highest BCUT2D eigenvalue weighted by molar-refractivity contribution is 5.73. The molecule has 132 valence electrons. The van der Waals surface area contributed by atoms with Gasteiger partial charge in [0.15, 0.2) is 0 Å². The van der Waals surface area contributed by atoms with Crippen LogP contribution in [0.25, 0.3) is 0 Å². The normalized spacial score (nSPS) is 29.8. The number of amides is 1. The molecule has 1 saturated heterocycles. The monoisotopic (exact) mass is 342 g/mol. The zero-order valence-electron chi connectivity index (χ0n) is 12.7. The highest BCUT2D eigenvalue weighted by atomic mass is 16.7. The zero-order chi connectivity index (χ0) is 17.9. The highest BCUT2D eigenvalue weighted by Gasteiger charge is 2.46. The number of hydrogen-bond donors (Lipinski definition) is 4. The minimum Gasteiger partial charge on any atom is -0.463 e. The molecule has 0 radical (unpaired) electrons. The van der Waals surface area contributed by atoms with E-state index in [0.717, 1.165) is 0 Å². The fourth-order valence-electron chi connectivity index (χ4n) is 2.35. The number of ether oxygens (including phenoxy) is 2. The second-order valence-corrected chi connectivity index (χ2v) is 5.30. The van der Waals surface area contributed by atoms with Crippen LogP contribution in [-0.4, -0.2) is 63.4 Å². The molecule has 0 aliphatic carbocycles. The lowest BCUT2D eigenvalue weighted by Crippen LogP contribution is -2.65. The van der Waals surface area contributed by atoms with Crippen molar-refractivity contribution in [2.45, 2.75) is 37.6 Å². The van der Waals surface area contributed by atoms with Crippen molar-refractivity contribution in [2.75, 3.05) is 6.61 Å². The van der Waals surface area contributed by atoms with E-state index in [-0.39, 0.29) is 11.4 Å². The number of benzene rings is 1. The highest BCUT2D eigenvalue weighted by Crippen LogP contribution is 2.25. The third-order valence-electron chi connectivity index (χ3n) is 3.55. The molecular weight excluding hydrogens is 324 g/mol. The molecule has 10 nitrogen and oxygen atoms in total. The molecule has 0 spiro atoms. The lowest BCUT2D eigenvalue weighted by molar-refractivity contribution is -0.384. The van der Waals surface area contributed by atoms with Gasteiger partial charge in [-0.2, -0.15) is 0 Å². The maximum Gasteiger partial charge on any atom is 0.269 e. The van der Waals surface area contributed by atoms with Crippen LogP contribution in [0.2, 0.25) is 0 Å². The number of aliphatic hydroxyl groups excluding tert-OH is 3. The lowest BCUT2D eigenvalue weighted by atomic mass is 9.97. The topological polar surface area (TPSA) is 151 Å². The second-order valence-electron chi connectivity index (χ2n) is 5.30. The van der Waals surface area contributed by atoms with Gasteiger partial charge in [-0.15, -0.1) is 0 Å². The molecule has 10 heteroatoms. The summed E-state index contributed by atoms with van der Waals surface area (Å²) in [5, 5.41) is 42.3. The fourth-order valence-corrected chi connectivity index (χ4v) is 2.35. The number of rotatable bonds is 5. The first-order valence-corrected chi connectivity index (χ1v) is 7.14. The Morgan fingerprint density at radius 3 is 2.46 bits per heavy atom. The van der Waals surface area contributed by atoms with E-state index in [4.69, 9.17) is 9.47 Å². The van der Waals surface area contributed by atoms with Crippen molar-refractivity contribution in [3.63, 3.8) is 0 Å². The third kappa shape index (κ3) is 3.97. The number of nitrogens with one attached hydrogen (secondary N) is 1. The quantitative estimate of drug-likeness (QED) is 0.389. The Kier molecular flexibility index (Phi) is 5.67. The van der Waals surface area contributed by atoms with Crippen molar-refractivity contribution in [2.24, 2.45) is 0 Å². The van der Waals surface area contributed by atoms with Crippen molar-refractivity contribution in [3.05, 3.63) is 34.4 Å². The number of carbonyl (C=O) groups is 1. The van der Waals surface area contributed by atoms with Gasteiger partial charge in [-0.25, -0.2) is 0 Å². The Morgan fingerprint density at radius 2 is 1.96 bits per heavy atom. The molecule has 1 aliphatic rings. The first-order chi connectivity index (χ1) is 11.3. The molecule has 1 fully saturated rings. The number of nitro groups is 1. The molecule has 4 N–H and O–H groups in total. The van der Waals surface area contributed by atoms with E-state index < -0.39 is 48.1 Å². The predicted molar refractivity (Wildman–Crippen MR) is 79.1 cm³/mol. The smallest absolute Gasteiger partial charge is 0.269 e. The minimum absolute atomic E-state index is 0.131. The number of carbonyl (C=O) groups excluding carboxylic acids is 1. The van der Waals surface area contributed by atoms with Gasteiger partial charge in [0, 0.05) is 19.1 Å². The van der Waals surface area contributed by atoms with Crippen LogP contribution in [-0.2, 0) is 9.53 Å². The average Bonchev–Trinajstić information content (AvgIpc) is 2.54. The summed E-state index contributed by atoms with van der Waals surface area (Å²) in [6, 6.07) is 4.02. The molecule has 1 aliphatic heterocycles. The number of nitro benzene ring substituents is 1. The predicted octanol–water partition coefficient (Wildman–Crippen LogP) is -1.08. The van der Waals surface area contributed by atoms with Gasteiger partial charge < -0.3 is 30.1 Å². The van der Waals surface area contributed by atoms with Crippen molar-refractivity contribution in [1.82, 2.24) is 5.32 Å². The number of hydrogen-bond acceptors (Lipinski definition) is 8. The van der Waals surface area contributed by atoms with Crippen LogP contribution in [0.4, 0.5) is 5.69 Å². The van der Waals surface area contributed by atoms with E-state index in [1.54, 1.807) is 0 Å². The van der Waals surface area contributed by atoms with Crippen molar-refractivity contribution >= 4 is 11.6 Å². The third-order valence-corrected chi connectivity index (χ3v) is 3.55. The van der Waals surface area contributed by atoms with E-state index >= 15 is 0 Å². The van der Waals surface area contributed by atoms with Gasteiger partial charge in [0.05, 0.1) is 11.5 Å². The summed E-state index contributed by atoms with van der Waals surface area (Å²) < 4.78 is 10.9. The van der Waals surface area contributed by atoms with Gasteiger partial charge in [-0.1, -0.05) is 0 Å². The maximum absolute atomic E-state index is 11.3. The molecule has 0 unspecified atom stereocenters. The summed E-state index contributed by atoms with van der Waals surface area (Å²) in [6.45, 7) is 0.658. The van der Waals surface area contributed by atoms with Crippen LogP contribution in [0.15, 0.2) is 24.3 Å². The molecule has 0 saturated carbocycles. The van der Waals surface area contributed by atoms with Crippen LogP contribution in [0.1, 0.15) is 6.92 Å². The lowest BCUT2D eigenvalue weighted by Gasteiger charge is -2.42. The van der Waals surface area contributed by atoms with Crippen LogP contribution in [0.5, 0.6) is 5.75 Å². The summed E-state index contributed by atoms with van der Waals surface area (Å²) >= 11 is 0. The standard InChI is InChI=1S/C14H18N2O8/c1-7(18)15-11-13(20)12(19)10(6-17)24-14(11)23-9-4-2-8(3-5-9)16(21)22/h2-5,10-14,17,19-20H,6H2,1H3,(H,15,18)/t10-,11-,12+,13+,14+/m0/s1. The summed E-state index contributed by atoms with van der Waals surface area (Å²) in [5.74, 6) is -0.282. The Labute approximate surface area is 136 Å². The summed E-state index contributed by atoms with van der Waals surface area (Å²) in [7, 11) is 0. The van der Waals surface area contributed by atoms with Crippen LogP contribution < -0.4 is 10.1 Å². The van der Waals surface area contributed by atoms with E-state index in [0.29, 0.717) is 0 Å². The van der Waals surface area contributed by atoms with E-state index in [2.05, 4.69) is 5.32 Å². The Balaban J connectivity index is 2.19. The van der Waals surface area contributed by atoms with Gasteiger partial charge in [0.2, 0.25) is 12.2 Å². The summed E-state index contributed by atoms with van der Waals surface area (Å²) in [4.78, 5) is 21.4. The van der Waals surface area contributed by atoms with Crippen molar-refractivity contribution in [3.8, 4) is 5.75 Å². The van der Waals surface area contributed by atoms with Crippen molar-refractivity contribution < 1.29 is 34.5 Å². The first-order valence-electron chi connectivity index (χ1n) is 7.14. The second kappa shape index (κ2) is 7.53. The van der Waals surface area contributed by atoms with E-state index in [9.17, 15) is 30.2 Å². The van der Waals surface area contributed by atoms with Gasteiger partial charge in [0.1, 0.15) is 30.1 Å². The molecule has 1 heterocycles. The van der Waals surface area contributed by atoms with Gasteiger partial charge in [-0.3, -0.25) is 14.9 Å². The number of aliphatic hydroxyl groups is 3. The molecule has 1 aromatic carbocycles. The molecule has 0 bridgehead atoms. The average molecular weight is 342 g/mol. The Bertz CT molecular complexity index is 593. The van der Waals surface area contributed by atoms with Gasteiger partial charge in [-0.05, 0) is 12.1 Å². The van der Waals surface area contributed by atoms with E-state index in [1.165, 1.54) is 31.2 Å². The van der Waals surface area contributed by atoms with Crippen molar-refractivity contribution in [1.29, 1.82) is 0 Å². The molecule has 1 aromatic rings. The summed E-state index contributed by atoms with van der Waals surface area (Å²) in [6.07, 6.45) is -5.15. The Morgan fingerprint density at radius 1 is 1.33 bits per heavy atom. The fraction of sp³-hybridized carbons (Fsp3) is 0.500. The Hall–Kier alpha value is -2.27. The SMILES string of the molecule is CC(=O)N[C@@H]1[C@H](Oc2ccc([N+](=O)[O-])cc2)O[C@@H](CO)[C@@H](O)[C@@H]1O. The van der Waals surface area contributed by atoms with Crippen LogP contribution in [0, 0.1) is 10.1 Å². The molecule has 5 atom stereocenters. The molecule has 1 amide bonds. The van der Waals surface area contributed by atoms with Crippen LogP contribution >= 0.6 is 0 Å². The molecule has 0 aromatic heterocycles. The van der Waals surface area contributed by atoms with Crippen LogP contribution in [0.3, 0.4) is 0 Å². The number of nitrogens with zero attached hydrogens (tertiary/aromatic N) is 1. The minimum atomic E-state index is -1.43. The van der Waals surface area contributed by atoms with E-state index in [1.807, 2.05) is 0 Å². The molecule has 24 heavy (non-hydrogen) atoms. The maximum atomic E-state index is 11.3. The zero-order valence-corrected chi connectivity index (χ0v) is 12.7. The first kappa shape index (κ1) is 18.1. The summed E-state index contributed by atoms with van der Waals surface area (Å²) in [5.41, 5.74) is -0.131. The van der Waals surface area contributed by atoms with Gasteiger partial charge >= 0.3 is 0 Å². The number of non-ortho nitro benzene ring substituents is 1. The molecular formula is C14H18N2O8. The van der Waals surface area contributed by atoms with Gasteiger partial charge in [0.25, 0.3) is 5.69 Å².